The molecule has 0 N–H and O–H groups in total. The van der Waals surface area contributed by atoms with Crippen LogP contribution < -0.4 is 4.74 Å². The van der Waals surface area contributed by atoms with Gasteiger partial charge in [0.2, 0.25) is 0 Å². The lowest BCUT2D eigenvalue weighted by Gasteiger charge is -2.07. The fourth-order valence-electron chi connectivity index (χ4n) is 2.15. The fraction of sp³-hybridized carbons (Fsp3) is 0. The minimum atomic E-state index is -0.138. The Kier molecular flexibility index (Phi) is 4.65. The molecule has 0 saturated heterocycles. The SMILES string of the molecule is O=C(c1ccc(Oc2ccccc2)cc1)c1cc(Cl)cc(Cl)c1. The molecule has 0 amide bonds. The highest BCUT2D eigenvalue weighted by atomic mass is 35.5. The van der Waals surface area contributed by atoms with Crippen LogP contribution >= 0.6 is 23.2 Å². The molecule has 0 radical (unpaired) electrons. The van der Waals surface area contributed by atoms with Crippen molar-refractivity contribution in [2.45, 2.75) is 0 Å². The molecular weight excluding hydrogens is 331 g/mol. The van der Waals surface area contributed by atoms with Crippen molar-refractivity contribution in [1.82, 2.24) is 0 Å². The zero-order valence-corrected chi connectivity index (χ0v) is 13.5. The molecule has 0 fully saturated rings. The highest BCUT2D eigenvalue weighted by Crippen LogP contribution is 2.24. The Balaban J connectivity index is 1.80. The Morgan fingerprint density at radius 2 is 1.26 bits per heavy atom. The van der Waals surface area contributed by atoms with E-state index in [4.69, 9.17) is 27.9 Å². The predicted octanol–water partition coefficient (Wildman–Crippen LogP) is 6.02. The highest BCUT2D eigenvalue weighted by Gasteiger charge is 2.11. The molecule has 0 heterocycles. The molecule has 0 aromatic heterocycles. The van der Waals surface area contributed by atoms with Gasteiger partial charge in [-0.1, -0.05) is 41.4 Å². The van der Waals surface area contributed by atoms with E-state index in [1.807, 2.05) is 30.3 Å². The summed E-state index contributed by atoms with van der Waals surface area (Å²) in [7, 11) is 0. The van der Waals surface area contributed by atoms with Crippen LogP contribution in [0.2, 0.25) is 10.0 Å². The van der Waals surface area contributed by atoms with Gasteiger partial charge in [-0.2, -0.15) is 0 Å². The maximum absolute atomic E-state index is 12.5. The third kappa shape index (κ3) is 3.92. The third-order valence-electron chi connectivity index (χ3n) is 3.22. The Labute approximate surface area is 144 Å². The van der Waals surface area contributed by atoms with Crippen LogP contribution in [0.25, 0.3) is 0 Å². The van der Waals surface area contributed by atoms with E-state index in [1.54, 1.807) is 42.5 Å². The van der Waals surface area contributed by atoms with E-state index in [2.05, 4.69) is 0 Å². The van der Waals surface area contributed by atoms with Gasteiger partial charge in [0, 0.05) is 21.2 Å². The quantitative estimate of drug-likeness (QED) is 0.542. The number of benzene rings is 3. The van der Waals surface area contributed by atoms with Crippen molar-refractivity contribution in [2.75, 3.05) is 0 Å². The molecule has 3 rings (SSSR count). The van der Waals surface area contributed by atoms with Gasteiger partial charge in [0.05, 0.1) is 0 Å². The Bertz CT molecular complexity index is 807. The lowest BCUT2D eigenvalue weighted by Crippen LogP contribution is -2.01. The van der Waals surface area contributed by atoms with Crippen molar-refractivity contribution in [2.24, 2.45) is 0 Å². The van der Waals surface area contributed by atoms with E-state index in [-0.39, 0.29) is 5.78 Å². The van der Waals surface area contributed by atoms with Crippen LogP contribution in [0, 0.1) is 0 Å². The van der Waals surface area contributed by atoms with Gasteiger partial charge >= 0.3 is 0 Å². The van der Waals surface area contributed by atoms with E-state index in [1.165, 1.54) is 0 Å². The van der Waals surface area contributed by atoms with E-state index in [0.29, 0.717) is 26.9 Å². The number of ketones is 1. The van der Waals surface area contributed by atoms with Crippen LogP contribution in [0.3, 0.4) is 0 Å². The van der Waals surface area contributed by atoms with Gasteiger partial charge in [0.25, 0.3) is 0 Å². The molecule has 3 aromatic rings. The molecule has 0 spiro atoms. The lowest BCUT2D eigenvalue weighted by molar-refractivity contribution is 0.103. The van der Waals surface area contributed by atoms with Crippen molar-refractivity contribution in [3.63, 3.8) is 0 Å². The van der Waals surface area contributed by atoms with Crippen molar-refractivity contribution in [3.8, 4) is 11.5 Å². The highest BCUT2D eigenvalue weighted by molar-refractivity contribution is 6.35. The molecule has 0 saturated carbocycles. The second-order valence-corrected chi connectivity index (χ2v) is 5.80. The van der Waals surface area contributed by atoms with E-state index < -0.39 is 0 Å². The maximum Gasteiger partial charge on any atom is 0.193 e. The van der Waals surface area contributed by atoms with E-state index >= 15 is 0 Å². The number of carbonyl (C=O) groups excluding carboxylic acids is 1. The van der Waals surface area contributed by atoms with Gasteiger partial charge in [-0.05, 0) is 54.6 Å². The summed E-state index contributed by atoms with van der Waals surface area (Å²) in [5.41, 5.74) is 1.00. The minimum absolute atomic E-state index is 0.138. The van der Waals surface area contributed by atoms with Crippen LogP contribution in [-0.2, 0) is 0 Å². The zero-order chi connectivity index (χ0) is 16.2. The van der Waals surface area contributed by atoms with E-state index in [9.17, 15) is 4.79 Å². The molecule has 0 aliphatic rings. The van der Waals surface area contributed by atoms with Crippen molar-refractivity contribution in [3.05, 3.63) is 94.0 Å². The first-order chi connectivity index (χ1) is 11.1. The summed E-state index contributed by atoms with van der Waals surface area (Å²) in [6, 6.07) is 21.2. The normalized spacial score (nSPS) is 10.3. The smallest absolute Gasteiger partial charge is 0.193 e. The molecule has 2 nitrogen and oxygen atoms in total. The number of rotatable bonds is 4. The number of hydrogen-bond donors (Lipinski definition) is 0. The zero-order valence-electron chi connectivity index (χ0n) is 12.0. The van der Waals surface area contributed by atoms with Gasteiger partial charge in [0.15, 0.2) is 5.78 Å². The van der Waals surface area contributed by atoms with E-state index in [0.717, 1.165) is 5.75 Å². The monoisotopic (exact) mass is 342 g/mol. The maximum atomic E-state index is 12.5. The first-order valence-corrected chi connectivity index (χ1v) is 7.71. The fourth-order valence-corrected chi connectivity index (χ4v) is 2.68. The van der Waals surface area contributed by atoms with Gasteiger partial charge in [-0.3, -0.25) is 4.79 Å². The minimum Gasteiger partial charge on any atom is -0.457 e. The first-order valence-electron chi connectivity index (χ1n) is 6.95. The molecule has 0 aliphatic carbocycles. The van der Waals surface area contributed by atoms with Gasteiger partial charge < -0.3 is 4.74 Å². The van der Waals surface area contributed by atoms with Crippen molar-refractivity contribution < 1.29 is 9.53 Å². The predicted molar refractivity (Wildman–Crippen MR) is 92.9 cm³/mol. The van der Waals surface area contributed by atoms with Crippen molar-refractivity contribution in [1.29, 1.82) is 0 Å². The number of carbonyl (C=O) groups is 1. The number of halogens is 2. The second kappa shape index (κ2) is 6.86. The molecule has 0 aliphatic heterocycles. The summed E-state index contributed by atoms with van der Waals surface area (Å²) in [6.45, 7) is 0. The largest absolute Gasteiger partial charge is 0.457 e. The molecule has 3 aromatic carbocycles. The summed E-state index contributed by atoms with van der Waals surface area (Å²) >= 11 is 11.9. The molecule has 0 bridgehead atoms. The molecule has 0 unspecified atom stereocenters. The van der Waals surface area contributed by atoms with Crippen LogP contribution in [0.15, 0.2) is 72.8 Å². The lowest BCUT2D eigenvalue weighted by atomic mass is 10.0. The second-order valence-electron chi connectivity index (χ2n) is 4.93. The van der Waals surface area contributed by atoms with Crippen LogP contribution in [0.5, 0.6) is 11.5 Å². The van der Waals surface area contributed by atoms with Gasteiger partial charge in [-0.15, -0.1) is 0 Å². The van der Waals surface area contributed by atoms with Crippen LogP contribution in [0.1, 0.15) is 15.9 Å². The van der Waals surface area contributed by atoms with Gasteiger partial charge in [0.1, 0.15) is 11.5 Å². The Morgan fingerprint density at radius 3 is 1.87 bits per heavy atom. The summed E-state index contributed by atoms with van der Waals surface area (Å²) in [5.74, 6) is 1.27. The molecule has 23 heavy (non-hydrogen) atoms. The molecular formula is C19H12Cl2O2. The summed E-state index contributed by atoms with van der Waals surface area (Å²) in [6.07, 6.45) is 0. The number of hydrogen-bond acceptors (Lipinski definition) is 2. The molecule has 0 atom stereocenters. The number of ether oxygens (including phenoxy) is 1. The summed E-state index contributed by atoms with van der Waals surface area (Å²) < 4.78 is 5.70. The first kappa shape index (κ1) is 15.6. The third-order valence-corrected chi connectivity index (χ3v) is 3.66. The van der Waals surface area contributed by atoms with Crippen LogP contribution in [-0.4, -0.2) is 5.78 Å². The topological polar surface area (TPSA) is 26.3 Å². The summed E-state index contributed by atoms with van der Waals surface area (Å²) in [4.78, 5) is 12.5. The Morgan fingerprint density at radius 1 is 0.696 bits per heavy atom. The average molecular weight is 343 g/mol. The number of para-hydroxylation sites is 1. The Hall–Kier alpha value is -2.29. The average Bonchev–Trinajstić information content (AvgIpc) is 2.55. The van der Waals surface area contributed by atoms with Gasteiger partial charge in [-0.25, -0.2) is 0 Å². The van der Waals surface area contributed by atoms with Crippen molar-refractivity contribution >= 4 is 29.0 Å². The van der Waals surface area contributed by atoms with Crippen LogP contribution in [0.4, 0.5) is 0 Å². The standard InChI is InChI=1S/C19H12Cl2O2/c20-15-10-14(11-16(21)12-15)19(22)13-6-8-18(9-7-13)23-17-4-2-1-3-5-17/h1-12H. The molecule has 114 valence electrons. The molecule has 4 heteroatoms. The summed E-state index contributed by atoms with van der Waals surface area (Å²) in [5, 5.41) is 0.870.